The Morgan fingerprint density at radius 2 is 2.18 bits per heavy atom. The molecule has 0 bridgehead atoms. The fraction of sp³-hybridized carbons (Fsp3) is 0.333. The Labute approximate surface area is 99.6 Å². The van der Waals surface area contributed by atoms with Gasteiger partial charge < -0.3 is 10.8 Å². The highest BCUT2D eigenvalue weighted by Gasteiger charge is 2.15. The van der Waals surface area contributed by atoms with E-state index in [1.807, 2.05) is 0 Å². The van der Waals surface area contributed by atoms with Crippen molar-refractivity contribution in [1.29, 1.82) is 0 Å². The number of carboxylic acids is 1. The highest BCUT2D eigenvalue weighted by Crippen LogP contribution is 2.07. The van der Waals surface area contributed by atoms with Crippen molar-refractivity contribution in [1.82, 2.24) is 5.32 Å². The molecule has 0 aliphatic rings. The molecule has 4 N–H and O–H groups in total. The molecule has 0 amide bonds. The number of hydrogen-bond acceptors (Lipinski definition) is 4. The number of nitrogens with one attached hydrogen (secondary N) is 1. The molecule has 0 saturated heterocycles. The zero-order chi connectivity index (χ0) is 12.8. The van der Waals surface area contributed by atoms with Crippen LogP contribution < -0.4 is 11.1 Å². The second-order valence-corrected chi connectivity index (χ2v) is 3.73. The van der Waals surface area contributed by atoms with Crippen LogP contribution in [0.3, 0.4) is 0 Å². The summed E-state index contributed by atoms with van der Waals surface area (Å²) >= 11 is 0. The third-order valence-corrected chi connectivity index (χ3v) is 2.42. The first-order chi connectivity index (χ1) is 8.04. The van der Waals surface area contributed by atoms with Gasteiger partial charge in [0.25, 0.3) is 0 Å². The van der Waals surface area contributed by atoms with Crippen LogP contribution in [0, 0.1) is 0 Å². The molecule has 17 heavy (non-hydrogen) atoms. The molecule has 0 aliphatic carbocycles. The molecule has 0 fully saturated rings. The summed E-state index contributed by atoms with van der Waals surface area (Å²) in [6.45, 7) is 1.74. The van der Waals surface area contributed by atoms with Gasteiger partial charge in [0.05, 0.1) is 6.54 Å². The van der Waals surface area contributed by atoms with E-state index < -0.39 is 12.0 Å². The van der Waals surface area contributed by atoms with E-state index >= 15 is 0 Å². The van der Waals surface area contributed by atoms with E-state index in [1.54, 1.807) is 31.2 Å². The van der Waals surface area contributed by atoms with Crippen LogP contribution in [0.15, 0.2) is 24.3 Å². The quantitative estimate of drug-likeness (QED) is 0.504. The number of carbonyl (C=O) groups excluding carboxylic acids is 1. The van der Waals surface area contributed by atoms with Gasteiger partial charge >= 0.3 is 5.97 Å². The van der Waals surface area contributed by atoms with Crippen molar-refractivity contribution in [3.8, 4) is 0 Å². The smallest absolute Gasteiger partial charge is 0.320 e. The van der Waals surface area contributed by atoms with Gasteiger partial charge in [-0.2, -0.15) is 0 Å². The first-order valence-corrected chi connectivity index (χ1v) is 5.39. The number of nitrogens with two attached hydrogens (primary N) is 1. The summed E-state index contributed by atoms with van der Waals surface area (Å²) < 4.78 is 0. The number of carbonyl (C=O) groups is 2. The average molecular weight is 236 g/mol. The lowest BCUT2D eigenvalue weighted by Gasteiger charge is -2.11. The van der Waals surface area contributed by atoms with Crippen LogP contribution in [0.25, 0.3) is 0 Å². The highest BCUT2D eigenvalue weighted by molar-refractivity contribution is 5.98. The average Bonchev–Trinajstić information content (AvgIpc) is 2.29. The number of aliphatic carboxylic acids is 1. The number of anilines is 1. The van der Waals surface area contributed by atoms with Crippen LogP contribution in [0.5, 0.6) is 0 Å². The molecule has 1 unspecified atom stereocenters. The fourth-order valence-corrected chi connectivity index (χ4v) is 1.44. The van der Waals surface area contributed by atoms with E-state index in [4.69, 9.17) is 10.8 Å². The number of nitrogen functional groups attached to an aromatic ring is 1. The number of carboxylic acid groups (broad SMARTS) is 1. The predicted octanol–water partition coefficient (Wildman–Crippen LogP) is 0.904. The fourth-order valence-electron chi connectivity index (χ4n) is 1.44. The summed E-state index contributed by atoms with van der Waals surface area (Å²) in [5.74, 6) is -1.12. The van der Waals surface area contributed by atoms with E-state index in [-0.39, 0.29) is 12.3 Å². The van der Waals surface area contributed by atoms with Crippen LogP contribution in [0.1, 0.15) is 23.7 Å². The Bertz CT molecular complexity index is 418. The van der Waals surface area contributed by atoms with Crippen LogP contribution in [0.2, 0.25) is 0 Å². The van der Waals surface area contributed by atoms with Crippen molar-refractivity contribution >= 4 is 17.4 Å². The SMILES string of the molecule is CCC(NCC(=O)c1cccc(N)c1)C(=O)O. The van der Waals surface area contributed by atoms with Gasteiger partial charge in [0.15, 0.2) is 5.78 Å². The van der Waals surface area contributed by atoms with Crippen molar-refractivity contribution in [3.05, 3.63) is 29.8 Å². The molecule has 0 heterocycles. The Morgan fingerprint density at radius 1 is 1.47 bits per heavy atom. The molecule has 0 spiro atoms. The summed E-state index contributed by atoms with van der Waals surface area (Å²) in [7, 11) is 0. The zero-order valence-corrected chi connectivity index (χ0v) is 9.64. The molecular formula is C12H16N2O3. The van der Waals surface area contributed by atoms with E-state index in [0.29, 0.717) is 17.7 Å². The minimum atomic E-state index is -0.951. The molecule has 1 aromatic carbocycles. The molecule has 1 rings (SSSR count). The highest BCUT2D eigenvalue weighted by atomic mass is 16.4. The van der Waals surface area contributed by atoms with E-state index in [1.165, 1.54) is 0 Å². The first kappa shape index (κ1) is 13.2. The molecule has 92 valence electrons. The van der Waals surface area contributed by atoms with Gasteiger partial charge in [0, 0.05) is 11.3 Å². The van der Waals surface area contributed by atoms with Gasteiger partial charge in [-0.15, -0.1) is 0 Å². The maximum absolute atomic E-state index is 11.7. The predicted molar refractivity (Wildman–Crippen MR) is 64.9 cm³/mol. The first-order valence-electron chi connectivity index (χ1n) is 5.39. The summed E-state index contributed by atoms with van der Waals surface area (Å²) in [6, 6.07) is 5.92. The molecule has 1 atom stereocenters. The minimum Gasteiger partial charge on any atom is -0.480 e. The van der Waals surface area contributed by atoms with Gasteiger partial charge in [-0.3, -0.25) is 14.9 Å². The van der Waals surface area contributed by atoms with E-state index in [9.17, 15) is 9.59 Å². The lowest BCUT2D eigenvalue weighted by Crippen LogP contribution is -2.39. The summed E-state index contributed by atoms with van der Waals surface area (Å²) in [6.07, 6.45) is 0.430. The molecule has 1 aromatic rings. The van der Waals surface area contributed by atoms with Gasteiger partial charge in [0.2, 0.25) is 0 Å². The maximum Gasteiger partial charge on any atom is 0.320 e. The van der Waals surface area contributed by atoms with E-state index in [0.717, 1.165) is 0 Å². The molecular weight excluding hydrogens is 220 g/mol. The van der Waals surface area contributed by atoms with Crippen molar-refractivity contribution in [2.75, 3.05) is 12.3 Å². The summed E-state index contributed by atoms with van der Waals surface area (Å²) in [4.78, 5) is 22.5. The van der Waals surface area contributed by atoms with Crippen molar-refractivity contribution < 1.29 is 14.7 Å². The lowest BCUT2D eigenvalue weighted by atomic mass is 10.1. The van der Waals surface area contributed by atoms with Gasteiger partial charge in [-0.05, 0) is 18.6 Å². The Kier molecular flexibility index (Phi) is 4.66. The van der Waals surface area contributed by atoms with Gasteiger partial charge in [-0.25, -0.2) is 0 Å². The standard InChI is InChI=1S/C12H16N2O3/c1-2-10(12(16)17)14-7-11(15)8-4-3-5-9(13)6-8/h3-6,10,14H,2,7,13H2,1H3,(H,16,17). The van der Waals surface area contributed by atoms with Gasteiger partial charge in [-0.1, -0.05) is 19.1 Å². The second kappa shape index (κ2) is 6.00. The molecule has 0 aromatic heterocycles. The summed E-state index contributed by atoms with van der Waals surface area (Å²) in [5.41, 5.74) is 6.56. The third-order valence-electron chi connectivity index (χ3n) is 2.42. The Morgan fingerprint density at radius 3 is 2.71 bits per heavy atom. The maximum atomic E-state index is 11.7. The lowest BCUT2D eigenvalue weighted by molar-refractivity contribution is -0.139. The number of hydrogen-bond donors (Lipinski definition) is 3. The topological polar surface area (TPSA) is 92.4 Å². The van der Waals surface area contributed by atoms with E-state index in [2.05, 4.69) is 5.32 Å². The number of ketones is 1. The molecule has 5 heteroatoms. The van der Waals surface area contributed by atoms with Crippen LogP contribution in [-0.4, -0.2) is 29.4 Å². The minimum absolute atomic E-state index is 0.00569. The van der Waals surface area contributed by atoms with Crippen LogP contribution >= 0.6 is 0 Å². The number of benzene rings is 1. The Balaban J connectivity index is 2.58. The number of rotatable bonds is 6. The molecule has 0 radical (unpaired) electrons. The molecule has 0 aliphatic heterocycles. The van der Waals surface area contributed by atoms with Gasteiger partial charge in [0.1, 0.15) is 6.04 Å². The molecule has 5 nitrogen and oxygen atoms in total. The van der Waals surface area contributed by atoms with Crippen molar-refractivity contribution in [2.24, 2.45) is 0 Å². The monoisotopic (exact) mass is 236 g/mol. The van der Waals surface area contributed by atoms with Crippen LogP contribution in [-0.2, 0) is 4.79 Å². The normalized spacial score (nSPS) is 12.1. The Hall–Kier alpha value is -1.88. The molecule has 0 saturated carbocycles. The van der Waals surface area contributed by atoms with Crippen molar-refractivity contribution in [2.45, 2.75) is 19.4 Å². The summed E-state index contributed by atoms with van der Waals surface area (Å²) in [5, 5.41) is 11.5. The van der Waals surface area contributed by atoms with Crippen molar-refractivity contribution in [3.63, 3.8) is 0 Å². The zero-order valence-electron chi connectivity index (χ0n) is 9.64. The number of Topliss-reactive ketones (excluding diaryl/α,β-unsaturated/α-hetero) is 1. The third kappa shape index (κ3) is 3.88. The van der Waals surface area contributed by atoms with Crippen LogP contribution in [0.4, 0.5) is 5.69 Å². The second-order valence-electron chi connectivity index (χ2n) is 3.73. The largest absolute Gasteiger partial charge is 0.480 e.